The van der Waals surface area contributed by atoms with Crippen LogP contribution in [0.2, 0.25) is 0 Å². The van der Waals surface area contributed by atoms with Gasteiger partial charge in [0, 0.05) is 31.5 Å². The first-order valence-electron chi connectivity index (χ1n) is 7.91. The van der Waals surface area contributed by atoms with Crippen molar-refractivity contribution < 1.29 is 4.79 Å². The molecule has 1 fully saturated rings. The van der Waals surface area contributed by atoms with Gasteiger partial charge in [0.25, 0.3) is 0 Å². The summed E-state index contributed by atoms with van der Waals surface area (Å²) >= 11 is 0. The van der Waals surface area contributed by atoms with Crippen LogP contribution in [-0.2, 0) is 17.8 Å². The monoisotopic (exact) mass is 275 g/mol. The van der Waals surface area contributed by atoms with Gasteiger partial charge in [0.05, 0.1) is 0 Å². The maximum absolute atomic E-state index is 12.3. The molecule has 1 atom stereocenters. The standard InChI is InChI=1S/C16H25N3O/c1-17-15-7-5-6-13-10-18(11-14(13)15)12-16(20)19-8-3-2-4-9-19/h10-11,15,17H,2-9,12H2,1H3. The fraction of sp³-hybridized carbons (Fsp3) is 0.688. The molecule has 2 aliphatic rings. The van der Waals surface area contributed by atoms with Crippen molar-refractivity contribution in [3.8, 4) is 0 Å². The van der Waals surface area contributed by atoms with Gasteiger partial charge >= 0.3 is 0 Å². The first-order chi connectivity index (χ1) is 9.78. The molecule has 4 heteroatoms. The van der Waals surface area contributed by atoms with E-state index in [1.54, 1.807) is 0 Å². The Balaban J connectivity index is 1.68. The van der Waals surface area contributed by atoms with Gasteiger partial charge in [0.1, 0.15) is 6.54 Å². The average molecular weight is 275 g/mol. The Labute approximate surface area is 121 Å². The molecule has 1 aliphatic heterocycles. The van der Waals surface area contributed by atoms with E-state index in [9.17, 15) is 4.79 Å². The van der Waals surface area contributed by atoms with Crippen LogP contribution in [-0.4, -0.2) is 35.5 Å². The quantitative estimate of drug-likeness (QED) is 0.917. The molecule has 1 saturated heterocycles. The summed E-state index contributed by atoms with van der Waals surface area (Å²) in [6, 6.07) is 0.463. The van der Waals surface area contributed by atoms with Crippen LogP contribution in [0.25, 0.3) is 0 Å². The third-order valence-electron chi connectivity index (χ3n) is 4.69. The van der Waals surface area contributed by atoms with Crippen molar-refractivity contribution in [2.24, 2.45) is 0 Å². The SMILES string of the molecule is CNC1CCCc2cn(CC(=O)N3CCCCC3)cc21. The highest BCUT2D eigenvalue weighted by Gasteiger charge is 2.22. The van der Waals surface area contributed by atoms with E-state index in [1.807, 2.05) is 11.9 Å². The van der Waals surface area contributed by atoms with Crippen molar-refractivity contribution in [1.29, 1.82) is 0 Å². The van der Waals surface area contributed by atoms with Crippen LogP contribution in [0.15, 0.2) is 12.4 Å². The van der Waals surface area contributed by atoms with Crippen molar-refractivity contribution in [2.45, 2.75) is 51.1 Å². The van der Waals surface area contributed by atoms with Gasteiger partial charge in [-0.3, -0.25) is 4.79 Å². The molecule has 1 aromatic rings. The number of fused-ring (bicyclic) bond motifs is 1. The van der Waals surface area contributed by atoms with Crippen LogP contribution in [0.3, 0.4) is 0 Å². The predicted molar refractivity (Wildman–Crippen MR) is 79.6 cm³/mol. The van der Waals surface area contributed by atoms with Crippen LogP contribution < -0.4 is 5.32 Å². The Morgan fingerprint density at radius 2 is 2.05 bits per heavy atom. The second-order valence-electron chi connectivity index (χ2n) is 6.09. The Hall–Kier alpha value is -1.29. The largest absolute Gasteiger partial charge is 0.344 e. The van der Waals surface area contributed by atoms with Gasteiger partial charge in [-0.05, 0) is 56.7 Å². The number of hydrogen-bond donors (Lipinski definition) is 1. The van der Waals surface area contributed by atoms with E-state index in [1.165, 1.54) is 30.4 Å². The second-order valence-corrected chi connectivity index (χ2v) is 6.09. The average Bonchev–Trinajstić information content (AvgIpc) is 2.90. The lowest BCUT2D eigenvalue weighted by atomic mass is 9.91. The maximum Gasteiger partial charge on any atom is 0.242 e. The number of hydrogen-bond acceptors (Lipinski definition) is 2. The highest BCUT2D eigenvalue weighted by molar-refractivity contribution is 5.76. The first kappa shape index (κ1) is 13.7. The molecular weight excluding hydrogens is 250 g/mol. The van der Waals surface area contributed by atoms with Crippen molar-refractivity contribution in [1.82, 2.24) is 14.8 Å². The lowest BCUT2D eigenvalue weighted by molar-refractivity contribution is -0.132. The second kappa shape index (κ2) is 6.00. The summed E-state index contributed by atoms with van der Waals surface area (Å²) in [5, 5.41) is 3.38. The lowest BCUT2D eigenvalue weighted by Gasteiger charge is -2.26. The minimum Gasteiger partial charge on any atom is -0.344 e. The van der Waals surface area contributed by atoms with Gasteiger partial charge in [-0.1, -0.05) is 0 Å². The summed E-state index contributed by atoms with van der Waals surface area (Å²) in [5.41, 5.74) is 2.81. The Kier molecular flexibility index (Phi) is 4.10. The minimum atomic E-state index is 0.276. The van der Waals surface area contributed by atoms with Gasteiger partial charge < -0.3 is 14.8 Å². The molecule has 0 spiro atoms. The van der Waals surface area contributed by atoms with Crippen LogP contribution in [0.4, 0.5) is 0 Å². The van der Waals surface area contributed by atoms with E-state index in [2.05, 4.69) is 22.3 Å². The summed E-state index contributed by atoms with van der Waals surface area (Å²) in [5.74, 6) is 0.276. The number of nitrogens with one attached hydrogen (secondary N) is 1. The third-order valence-corrected chi connectivity index (χ3v) is 4.69. The maximum atomic E-state index is 12.3. The Morgan fingerprint density at radius 3 is 2.80 bits per heavy atom. The number of rotatable bonds is 3. The summed E-state index contributed by atoms with van der Waals surface area (Å²) in [4.78, 5) is 14.3. The van der Waals surface area contributed by atoms with E-state index in [0.717, 1.165) is 32.4 Å². The van der Waals surface area contributed by atoms with Crippen molar-refractivity contribution in [3.05, 3.63) is 23.5 Å². The molecule has 1 aliphatic carbocycles. The van der Waals surface area contributed by atoms with Crippen molar-refractivity contribution >= 4 is 5.91 Å². The first-order valence-corrected chi connectivity index (χ1v) is 7.91. The van der Waals surface area contributed by atoms with Gasteiger partial charge in [0.2, 0.25) is 5.91 Å². The molecule has 0 bridgehead atoms. The summed E-state index contributed by atoms with van der Waals surface area (Å²) < 4.78 is 2.09. The molecule has 1 unspecified atom stereocenters. The molecule has 0 aromatic carbocycles. The topological polar surface area (TPSA) is 37.3 Å². The van der Waals surface area contributed by atoms with E-state index in [-0.39, 0.29) is 5.91 Å². The zero-order chi connectivity index (χ0) is 13.9. The van der Waals surface area contributed by atoms with E-state index in [4.69, 9.17) is 0 Å². The Morgan fingerprint density at radius 1 is 1.25 bits per heavy atom. The van der Waals surface area contributed by atoms with Gasteiger partial charge in [0.15, 0.2) is 0 Å². The minimum absolute atomic E-state index is 0.276. The molecule has 3 rings (SSSR count). The number of amides is 1. The number of likely N-dealkylation sites (tertiary alicyclic amines) is 1. The van der Waals surface area contributed by atoms with Crippen LogP contribution >= 0.6 is 0 Å². The van der Waals surface area contributed by atoms with Crippen LogP contribution in [0.5, 0.6) is 0 Å². The van der Waals surface area contributed by atoms with E-state index >= 15 is 0 Å². The van der Waals surface area contributed by atoms with Crippen molar-refractivity contribution in [2.75, 3.05) is 20.1 Å². The Bertz CT molecular complexity index is 474. The number of aromatic nitrogens is 1. The molecule has 2 heterocycles. The normalized spacial score (nSPS) is 22.6. The molecular formula is C16H25N3O. The molecule has 1 amide bonds. The number of aryl methyl sites for hydroxylation is 1. The third kappa shape index (κ3) is 2.75. The number of carbonyl (C=O) groups excluding carboxylic acids is 1. The predicted octanol–water partition coefficient (Wildman–Crippen LogP) is 2.10. The van der Waals surface area contributed by atoms with E-state index in [0.29, 0.717) is 12.6 Å². The molecule has 20 heavy (non-hydrogen) atoms. The van der Waals surface area contributed by atoms with Crippen molar-refractivity contribution in [3.63, 3.8) is 0 Å². The number of nitrogens with zero attached hydrogens (tertiary/aromatic N) is 2. The van der Waals surface area contributed by atoms with Gasteiger partial charge in [-0.2, -0.15) is 0 Å². The molecule has 0 saturated carbocycles. The zero-order valence-electron chi connectivity index (χ0n) is 12.4. The van der Waals surface area contributed by atoms with E-state index < -0.39 is 0 Å². The lowest BCUT2D eigenvalue weighted by Crippen LogP contribution is -2.37. The highest BCUT2D eigenvalue weighted by atomic mass is 16.2. The summed E-state index contributed by atoms with van der Waals surface area (Å²) in [6.07, 6.45) is 11.5. The summed E-state index contributed by atoms with van der Waals surface area (Å²) in [7, 11) is 2.02. The van der Waals surface area contributed by atoms with Gasteiger partial charge in [-0.15, -0.1) is 0 Å². The summed E-state index contributed by atoms with van der Waals surface area (Å²) in [6.45, 7) is 2.39. The fourth-order valence-electron chi connectivity index (χ4n) is 3.54. The molecule has 110 valence electrons. The van der Waals surface area contributed by atoms with Gasteiger partial charge in [-0.25, -0.2) is 0 Å². The molecule has 1 aromatic heterocycles. The fourth-order valence-corrected chi connectivity index (χ4v) is 3.54. The number of carbonyl (C=O) groups is 1. The molecule has 0 radical (unpaired) electrons. The zero-order valence-corrected chi connectivity index (χ0v) is 12.4. The van der Waals surface area contributed by atoms with Crippen LogP contribution in [0.1, 0.15) is 49.3 Å². The smallest absolute Gasteiger partial charge is 0.242 e. The molecule has 4 nitrogen and oxygen atoms in total. The number of piperidine rings is 1. The molecule has 1 N–H and O–H groups in total. The van der Waals surface area contributed by atoms with Crippen LogP contribution in [0, 0.1) is 0 Å². The highest BCUT2D eigenvalue weighted by Crippen LogP contribution is 2.30.